The van der Waals surface area contributed by atoms with Crippen molar-refractivity contribution in [2.45, 2.75) is 19.8 Å². The zero-order valence-electron chi connectivity index (χ0n) is 9.89. The minimum atomic E-state index is 0.246. The standard InChI is InChI=1S/C15H16O2/c1-2-3-12-4-8-14(9-5-12)17-15-10-6-13(16)7-11-15/h4-11,16H,2-3H2,1H3. The Labute approximate surface area is 101 Å². The number of benzene rings is 2. The minimum absolute atomic E-state index is 0.246. The van der Waals surface area contributed by atoms with E-state index < -0.39 is 0 Å². The largest absolute Gasteiger partial charge is 0.508 e. The Morgan fingerprint density at radius 2 is 1.41 bits per heavy atom. The van der Waals surface area contributed by atoms with E-state index in [1.807, 2.05) is 12.1 Å². The van der Waals surface area contributed by atoms with Crippen molar-refractivity contribution in [3.05, 3.63) is 54.1 Å². The summed E-state index contributed by atoms with van der Waals surface area (Å²) in [5, 5.41) is 9.16. The minimum Gasteiger partial charge on any atom is -0.508 e. The summed E-state index contributed by atoms with van der Waals surface area (Å²) in [6.45, 7) is 2.17. The Kier molecular flexibility index (Phi) is 3.66. The van der Waals surface area contributed by atoms with Crippen LogP contribution in [-0.2, 0) is 6.42 Å². The fourth-order valence-electron chi connectivity index (χ4n) is 1.66. The number of ether oxygens (including phenoxy) is 1. The maximum Gasteiger partial charge on any atom is 0.127 e. The second-order valence-electron chi connectivity index (χ2n) is 3.99. The number of phenols is 1. The molecule has 2 rings (SSSR count). The van der Waals surface area contributed by atoms with Gasteiger partial charge in [-0.2, -0.15) is 0 Å². The molecule has 17 heavy (non-hydrogen) atoms. The van der Waals surface area contributed by atoms with E-state index in [0.29, 0.717) is 0 Å². The summed E-state index contributed by atoms with van der Waals surface area (Å²) in [5.41, 5.74) is 1.32. The number of aryl methyl sites for hydroxylation is 1. The predicted octanol–water partition coefficient (Wildman–Crippen LogP) is 4.14. The van der Waals surface area contributed by atoms with Gasteiger partial charge in [-0.05, 0) is 48.4 Å². The van der Waals surface area contributed by atoms with Gasteiger partial charge in [-0.3, -0.25) is 0 Å². The molecular weight excluding hydrogens is 212 g/mol. The zero-order chi connectivity index (χ0) is 12.1. The SMILES string of the molecule is CCCc1ccc(Oc2ccc(O)cc2)cc1. The third-order valence-corrected chi connectivity index (χ3v) is 2.53. The van der Waals surface area contributed by atoms with Crippen molar-refractivity contribution in [1.29, 1.82) is 0 Å². The topological polar surface area (TPSA) is 29.5 Å². The van der Waals surface area contributed by atoms with Gasteiger partial charge >= 0.3 is 0 Å². The van der Waals surface area contributed by atoms with E-state index in [9.17, 15) is 0 Å². The lowest BCUT2D eigenvalue weighted by Crippen LogP contribution is -1.86. The first-order valence-corrected chi connectivity index (χ1v) is 5.84. The fourth-order valence-corrected chi connectivity index (χ4v) is 1.66. The van der Waals surface area contributed by atoms with E-state index in [4.69, 9.17) is 9.84 Å². The van der Waals surface area contributed by atoms with E-state index in [1.54, 1.807) is 24.3 Å². The molecule has 0 spiro atoms. The highest BCUT2D eigenvalue weighted by atomic mass is 16.5. The van der Waals surface area contributed by atoms with Gasteiger partial charge in [-0.25, -0.2) is 0 Å². The van der Waals surface area contributed by atoms with Crippen molar-refractivity contribution >= 4 is 0 Å². The maximum absolute atomic E-state index is 9.16. The van der Waals surface area contributed by atoms with Gasteiger partial charge in [0.05, 0.1) is 0 Å². The molecule has 2 aromatic rings. The number of aromatic hydroxyl groups is 1. The second-order valence-corrected chi connectivity index (χ2v) is 3.99. The highest BCUT2D eigenvalue weighted by molar-refractivity contribution is 5.35. The molecular formula is C15H16O2. The molecule has 0 radical (unpaired) electrons. The molecule has 0 fully saturated rings. The summed E-state index contributed by atoms with van der Waals surface area (Å²) < 4.78 is 5.66. The molecule has 0 aliphatic carbocycles. The molecule has 2 heteroatoms. The molecule has 0 heterocycles. The lowest BCUT2D eigenvalue weighted by molar-refractivity contribution is 0.464. The van der Waals surface area contributed by atoms with Gasteiger partial charge in [-0.1, -0.05) is 25.5 Å². The first-order chi connectivity index (χ1) is 8.28. The molecule has 0 aliphatic heterocycles. The van der Waals surface area contributed by atoms with Crippen LogP contribution in [-0.4, -0.2) is 5.11 Å². The third-order valence-electron chi connectivity index (χ3n) is 2.53. The number of hydrogen-bond donors (Lipinski definition) is 1. The molecule has 2 nitrogen and oxygen atoms in total. The van der Waals surface area contributed by atoms with Crippen LogP contribution < -0.4 is 4.74 Å². The van der Waals surface area contributed by atoms with E-state index in [2.05, 4.69) is 19.1 Å². The summed E-state index contributed by atoms with van der Waals surface area (Å²) in [7, 11) is 0. The maximum atomic E-state index is 9.16. The zero-order valence-corrected chi connectivity index (χ0v) is 9.89. The lowest BCUT2D eigenvalue weighted by atomic mass is 10.1. The number of phenolic OH excluding ortho intramolecular Hbond substituents is 1. The van der Waals surface area contributed by atoms with Gasteiger partial charge < -0.3 is 9.84 Å². The monoisotopic (exact) mass is 228 g/mol. The summed E-state index contributed by atoms with van der Waals surface area (Å²) in [5.74, 6) is 1.79. The third kappa shape index (κ3) is 3.25. The lowest BCUT2D eigenvalue weighted by Gasteiger charge is -2.06. The Balaban J connectivity index is 2.05. The summed E-state index contributed by atoms with van der Waals surface area (Å²) in [6, 6.07) is 14.8. The second kappa shape index (κ2) is 5.39. The Morgan fingerprint density at radius 3 is 1.94 bits per heavy atom. The fraction of sp³-hybridized carbons (Fsp3) is 0.200. The van der Waals surface area contributed by atoms with Crippen LogP contribution in [0.4, 0.5) is 0 Å². The van der Waals surface area contributed by atoms with Crippen LogP contribution in [0.3, 0.4) is 0 Å². The molecule has 0 atom stereocenters. The van der Waals surface area contributed by atoms with E-state index >= 15 is 0 Å². The van der Waals surface area contributed by atoms with Crippen LogP contribution in [0.1, 0.15) is 18.9 Å². The van der Waals surface area contributed by atoms with Crippen molar-refractivity contribution in [3.8, 4) is 17.2 Å². The molecule has 0 unspecified atom stereocenters. The first-order valence-electron chi connectivity index (χ1n) is 5.84. The molecule has 0 amide bonds. The molecule has 0 bridgehead atoms. The van der Waals surface area contributed by atoms with Gasteiger partial charge in [0.25, 0.3) is 0 Å². The summed E-state index contributed by atoms with van der Waals surface area (Å²) in [6.07, 6.45) is 2.25. The van der Waals surface area contributed by atoms with E-state index in [1.165, 1.54) is 5.56 Å². The van der Waals surface area contributed by atoms with Gasteiger partial charge in [0.1, 0.15) is 17.2 Å². The smallest absolute Gasteiger partial charge is 0.127 e. The van der Waals surface area contributed by atoms with Gasteiger partial charge in [0.15, 0.2) is 0 Å². The highest BCUT2D eigenvalue weighted by Gasteiger charge is 1.98. The predicted molar refractivity (Wildman–Crippen MR) is 68.6 cm³/mol. The molecule has 2 aromatic carbocycles. The molecule has 0 saturated heterocycles. The van der Waals surface area contributed by atoms with Crippen LogP contribution in [0.5, 0.6) is 17.2 Å². The van der Waals surface area contributed by atoms with Gasteiger partial charge in [0.2, 0.25) is 0 Å². The molecule has 0 aliphatic rings. The van der Waals surface area contributed by atoms with Crippen molar-refractivity contribution in [2.24, 2.45) is 0 Å². The van der Waals surface area contributed by atoms with E-state index in [-0.39, 0.29) is 5.75 Å². The quantitative estimate of drug-likeness (QED) is 0.852. The van der Waals surface area contributed by atoms with Crippen molar-refractivity contribution < 1.29 is 9.84 Å². The van der Waals surface area contributed by atoms with E-state index in [0.717, 1.165) is 24.3 Å². The number of hydrogen-bond acceptors (Lipinski definition) is 2. The Morgan fingerprint density at radius 1 is 0.882 bits per heavy atom. The summed E-state index contributed by atoms with van der Waals surface area (Å²) in [4.78, 5) is 0. The van der Waals surface area contributed by atoms with Gasteiger partial charge in [0, 0.05) is 0 Å². The van der Waals surface area contributed by atoms with Crippen molar-refractivity contribution in [1.82, 2.24) is 0 Å². The molecule has 0 aromatic heterocycles. The van der Waals surface area contributed by atoms with Crippen LogP contribution in [0.15, 0.2) is 48.5 Å². The molecule has 88 valence electrons. The number of rotatable bonds is 4. The van der Waals surface area contributed by atoms with Crippen molar-refractivity contribution in [2.75, 3.05) is 0 Å². The Bertz CT molecular complexity index is 457. The average Bonchev–Trinajstić information content (AvgIpc) is 2.35. The van der Waals surface area contributed by atoms with Gasteiger partial charge in [-0.15, -0.1) is 0 Å². The average molecular weight is 228 g/mol. The molecule has 0 saturated carbocycles. The van der Waals surface area contributed by atoms with Crippen LogP contribution >= 0.6 is 0 Å². The van der Waals surface area contributed by atoms with Crippen molar-refractivity contribution in [3.63, 3.8) is 0 Å². The first kappa shape index (κ1) is 11.5. The van der Waals surface area contributed by atoms with Crippen LogP contribution in [0.2, 0.25) is 0 Å². The molecule has 1 N–H and O–H groups in total. The Hall–Kier alpha value is -1.96. The normalized spacial score (nSPS) is 10.2. The summed E-state index contributed by atoms with van der Waals surface area (Å²) >= 11 is 0. The van der Waals surface area contributed by atoms with Crippen LogP contribution in [0, 0.1) is 0 Å². The highest BCUT2D eigenvalue weighted by Crippen LogP contribution is 2.23. The van der Waals surface area contributed by atoms with Crippen LogP contribution in [0.25, 0.3) is 0 Å².